The Kier molecular flexibility index (Phi) is 10.3. The lowest BCUT2D eigenvalue weighted by atomic mass is 9.99. The molecule has 0 aromatic rings. The van der Waals surface area contributed by atoms with Crippen LogP contribution in [0.25, 0.3) is 0 Å². The Labute approximate surface area is 98.4 Å². The number of hydrogen-bond donors (Lipinski definition) is 0. The number of halogens is 1. The first-order valence-electron chi connectivity index (χ1n) is 6.06. The van der Waals surface area contributed by atoms with Crippen LogP contribution in [0.3, 0.4) is 0 Å². The lowest BCUT2D eigenvalue weighted by Gasteiger charge is -2.25. The van der Waals surface area contributed by atoms with Gasteiger partial charge in [0.25, 0.3) is 0 Å². The molecule has 0 aliphatic rings. The Bertz CT molecular complexity index is 117. The molecule has 0 N–H and O–H groups in total. The topological polar surface area (TPSA) is 3.24 Å². The molecule has 0 radical (unpaired) electrons. The van der Waals surface area contributed by atoms with Crippen LogP contribution in [0.15, 0.2) is 0 Å². The minimum absolute atomic E-state index is 0.911. The Hall–Kier alpha value is 0.440. The summed E-state index contributed by atoms with van der Waals surface area (Å²) in [5.74, 6) is 0.911. The third kappa shape index (κ3) is 6.83. The van der Waals surface area contributed by atoms with Crippen molar-refractivity contribution in [2.24, 2.45) is 5.92 Å². The van der Waals surface area contributed by atoms with E-state index < -0.39 is 0 Å². The molecule has 0 rings (SSSR count). The zero-order valence-corrected chi connectivity index (χ0v) is 11.6. The van der Waals surface area contributed by atoms with Crippen LogP contribution in [0.2, 0.25) is 0 Å². The lowest BCUT2D eigenvalue weighted by molar-refractivity contribution is 0.240. The molecule has 0 aliphatic heterocycles. The number of alkyl halides is 1. The third-order valence-corrected chi connectivity index (χ3v) is 3.26. The fraction of sp³-hybridized carbons (Fsp3) is 1.00. The Morgan fingerprint density at radius 3 is 2.36 bits per heavy atom. The molecule has 1 atom stereocenters. The van der Waals surface area contributed by atoms with Crippen molar-refractivity contribution in [3.8, 4) is 0 Å². The summed E-state index contributed by atoms with van der Waals surface area (Å²) >= 11 is 3.51. The van der Waals surface area contributed by atoms with Crippen LogP contribution in [0.1, 0.15) is 46.5 Å². The van der Waals surface area contributed by atoms with Crippen LogP contribution in [0.4, 0.5) is 0 Å². The van der Waals surface area contributed by atoms with E-state index >= 15 is 0 Å². The average molecular weight is 264 g/mol. The largest absolute Gasteiger partial charge is 0.303 e. The van der Waals surface area contributed by atoms with Crippen molar-refractivity contribution in [1.29, 1.82) is 0 Å². The summed E-state index contributed by atoms with van der Waals surface area (Å²) in [6.07, 6.45) is 5.47. The summed E-state index contributed by atoms with van der Waals surface area (Å²) in [5.41, 5.74) is 0. The maximum atomic E-state index is 3.51. The average Bonchev–Trinajstić information content (AvgIpc) is 2.22. The van der Waals surface area contributed by atoms with Gasteiger partial charge in [0.2, 0.25) is 0 Å². The second-order valence-corrected chi connectivity index (χ2v) is 4.79. The molecule has 0 spiro atoms. The van der Waals surface area contributed by atoms with Gasteiger partial charge in [-0.1, -0.05) is 56.0 Å². The van der Waals surface area contributed by atoms with Gasteiger partial charge < -0.3 is 4.90 Å². The fourth-order valence-corrected chi connectivity index (χ4v) is 2.28. The minimum atomic E-state index is 0.911. The number of rotatable bonds is 9. The molecule has 0 saturated heterocycles. The molecular weight excluding hydrogens is 238 g/mol. The van der Waals surface area contributed by atoms with Crippen LogP contribution >= 0.6 is 15.9 Å². The van der Waals surface area contributed by atoms with E-state index in [9.17, 15) is 0 Å². The van der Waals surface area contributed by atoms with Gasteiger partial charge in [0, 0.05) is 18.4 Å². The molecule has 0 heterocycles. The van der Waals surface area contributed by atoms with E-state index in [0.717, 1.165) is 11.2 Å². The molecule has 0 aliphatic carbocycles. The van der Waals surface area contributed by atoms with Crippen LogP contribution in [0.5, 0.6) is 0 Å². The summed E-state index contributed by atoms with van der Waals surface area (Å²) < 4.78 is 0. The van der Waals surface area contributed by atoms with E-state index in [4.69, 9.17) is 0 Å². The fourth-order valence-electron chi connectivity index (χ4n) is 1.78. The maximum Gasteiger partial charge on any atom is 0.0159 e. The molecule has 1 unspecified atom stereocenters. The molecule has 86 valence electrons. The van der Waals surface area contributed by atoms with Gasteiger partial charge in [-0.25, -0.2) is 0 Å². The normalized spacial score (nSPS) is 13.5. The van der Waals surface area contributed by atoms with Crippen molar-refractivity contribution >= 4 is 15.9 Å². The van der Waals surface area contributed by atoms with E-state index in [1.165, 1.54) is 45.3 Å². The molecular formula is C12H26BrN. The Morgan fingerprint density at radius 1 is 1.21 bits per heavy atom. The molecule has 0 bridgehead atoms. The second kappa shape index (κ2) is 9.97. The Morgan fingerprint density at radius 2 is 1.93 bits per heavy atom. The van der Waals surface area contributed by atoms with Crippen molar-refractivity contribution in [2.75, 3.05) is 25.0 Å². The van der Waals surface area contributed by atoms with Gasteiger partial charge >= 0.3 is 0 Å². The van der Waals surface area contributed by atoms with Gasteiger partial charge in [-0.15, -0.1) is 0 Å². The lowest BCUT2D eigenvalue weighted by Crippen LogP contribution is -2.31. The van der Waals surface area contributed by atoms with Crippen molar-refractivity contribution in [1.82, 2.24) is 4.90 Å². The molecule has 1 nitrogen and oxygen atoms in total. The van der Waals surface area contributed by atoms with E-state index in [2.05, 4.69) is 41.6 Å². The van der Waals surface area contributed by atoms with E-state index in [1.807, 2.05) is 0 Å². The molecule has 0 saturated carbocycles. The number of unbranched alkanes of at least 4 members (excludes halogenated alkanes) is 1. The number of nitrogens with zero attached hydrogens (tertiary/aromatic N) is 1. The molecule has 0 aromatic carbocycles. The predicted molar refractivity (Wildman–Crippen MR) is 69.2 cm³/mol. The SMILES string of the molecule is CCCCC(CC)CN(CC)CCBr. The zero-order valence-electron chi connectivity index (χ0n) is 10.1. The summed E-state index contributed by atoms with van der Waals surface area (Å²) in [5, 5.41) is 1.10. The number of hydrogen-bond acceptors (Lipinski definition) is 1. The molecule has 0 amide bonds. The van der Waals surface area contributed by atoms with Crippen LogP contribution in [-0.2, 0) is 0 Å². The first-order valence-corrected chi connectivity index (χ1v) is 7.18. The second-order valence-electron chi connectivity index (χ2n) is 4.00. The quantitative estimate of drug-likeness (QED) is 0.570. The van der Waals surface area contributed by atoms with Crippen molar-refractivity contribution in [2.45, 2.75) is 46.5 Å². The monoisotopic (exact) mass is 263 g/mol. The standard InChI is InChI=1S/C12H26BrN/c1-4-7-8-12(5-2)11-14(6-3)10-9-13/h12H,4-11H2,1-3H3. The van der Waals surface area contributed by atoms with E-state index in [0.29, 0.717) is 0 Å². The van der Waals surface area contributed by atoms with Gasteiger partial charge in [0.1, 0.15) is 0 Å². The Balaban J connectivity index is 3.75. The molecule has 0 fully saturated rings. The van der Waals surface area contributed by atoms with Gasteiger partial charge in [0.05, 0.1) is 0 Å². The highest BCUT2D eigenvalue weighted by Gasteiger charge is 2.10. The molecule has 14 heavy (non-hydrogen) atoms. The zero-order chi connectivity index (χ0) is 10.8. The van der Waals surface area contributed by atoms with Crippen LogP contribution in [-0.4, -0.2) is 29.9 Å². The van der Waals surface area contributed by atoms with Crippen LogP contribution < -0.4 is 0 Å². The first kappa shape index (κ1) is 14.4. The van der Waals surface area contributed by atoms with Crippen molar-refractivity contribution < 1.29 is 0 Å². The summed E-state index contributed by atoms with van der Waals surface area (Å²) in [4.78, 5) is 2.55. The van der Waals surface area contributed by atoms with E-state index in [-0.39, 0.29) is 0 Å². The summed E-state index contributed by atoms with van der Waals surface area (Å²) in [6.45, 7) is 10.5. The third-order valence-electron chi connectivity index (χ3n) is 2.91. The molecule has 0 aromatic heterocycles. The first-order chi connectivity index (χ1) is 6.78. The summed E-state index contributed by atoms with van der Waals surface area (Å²) in [6, 6.07) is 0. The highest BCUT2D eigenvalue weighted by atomic mass is 79.9. The maximum absolute atomic E-state index is 3.51. The highest BCUT2D eigenvalue weighted by molar-refractivity contribution is 9.09. The van der Waals surface area contributed by atoms with Crippen LogP contribution in [0, 0.1) is 5.92 Å². The minimum Gasteiger partial charge on any atom is -0.303 e. The van der Waals surface area contributed by atoms with Gasteiger partial charge in [0.15, 0.2) is 0 Å². The molecule has 2 heteroatoms. The van der Waals surface area contributed by atoms with Crippen molar-refractivity contribution in [3.63, 3.8) is 0 Å². The smallest absolute Gasteiger partial charge is 0.0159 e. The van der Waals surface area contributed by atoms with E-state index in [1.54, 1.807) is 0 Å². The highest BCUT2D eigenvalue weighted by Crippen LogP contribution is 2.14. The van der Waals surface area contributed by atoms with Gasteiger partial charge in [-0.2, -0.15) is 0 Å². The van der Waals surface area contributed by atoms with Gasteiger partial charge in [-0.3, -0.25) is 0 Å². The summed E-state index contributed by atoms with van der Waals surface area (Å²) in [7, 11) is 0. The van der Waals surface area contributed by atoms with Gasteiger partial charge in [-0.05, 0) is 18.9 Å². The van der Waals surface area contributed by atoms with Crippen molar-refractivity contribution in [3.05, 3.63) is 0 Å². The predicted octanol–water partition coefficient (Wildman–Crippen LogP) is 3.92.